The number of carboxylic acid groups (broad SMARTS) is 1. The number of hydrogen-bond acceptors (Lipinski definition) is 5. The third-order valence-electron chi connectivity index (χ3n) is 4.09. The summed E-state index contributed by atoms with van der Waals surface area (Å²) in [7, 11) is 0. The van der Waals surface area contributed by atoms with Crippen molar-refractivity contribution in [2.24, 2.45) is 0 Å². The average molecular weight is 347 g/mol. The summed E-state index contributed by atoms with van der Waals surface area (Å²) in [6.07, 6.45) is 3.87. The number of nitrogens with zero attached hydrogens (tertiary/aromatic N) is 2. The largest absolute Gasteiger partial charge is 0.545 e. The molecule has 0 atom stereocenters. The van der Waals surface area contributed by atoms with Crippen molar-refractivity contribution in [1.82, 2.24) is 4.98 Å². The number of benzene rings is 2. The van der Waals surface area contributed by atoms with Crippen LogP contribution in [0.2, 0.25) is 0 Å². The predicted octanol–water partition coefficient (Wildman–Crippen LogP) is 3.24. The molecule has 1 aromatic heterocycles. The fourth-order valence-corrected chi connectivity index (χ4v) is 2.79. The summed E-state index contributed by atoms with van der Waals surface area (Å²) in [5.74, 6) is -1.28. The lowest BCUT2D eigenvalue weighted by molar-refractivity contribution is -0.385. The number of carbonyl (C=O) groups is 1. The maximum Gasteiger partial charge on any atom is 0.273 e. The molecule has 0 radical (unpaired) electrons. The number of aryl methyl sites for hydroxylation is 1. The highest BCUT2D eigenvalue weighted by molar-refractivity contribution is 6.02. The lowest BCUT2D eigenvalue weighted by Gasteiger charge is -2.08. The van der Waals surface area contributed by atoms with Crippen LogP contribution in [0.25, 0.3) is 23.1 Å². The second kappa shape index (κ2) is 7.14. The summed E-state index contributed by atoms with van der Waals surface area (Å²) in [6, 6.07) is 13.3. The van der Waals surface area contributed by atoms with E-state index in [1.165, 1.54) is 12.1 Å². The third kappa shape index (κ3) is 3.44. The summed E-state index contributed by atoms with van der Waals surface area (Å²) in [4.78, 5) is 26.6. The maximum atomic E-state index is 11.4. The smallest absolute Gasteiger partial charge is 0.273 e. The first kappa shape index (κ1) is 17.3. The van der Waals surface area contributed by atoms with Crippen molar-refractivity contribution in [3.8, 4) is 0 Å². The molecule has 6 heteroatoms. The highest BCUT2D eigenvalue weighted by Gasteiger charge is 2.12. The number of rotatable bonds is 5. The topological polar surface area (TPSA) is 96.2 Å². The molecule has 0 bridgehead atoms. The van der Waals surface area contributed by atoms with Gasteiger partial charge in [0, 0.05) is 22.6 Å². The number of carboxylic acids is 1. The maximum absolute atomic E-state index is 11.4. The Hall–Kier alpha value is -3.54. The summed E-state index contributed by atoms with van der Waals surface area (Å²) >= 11 is 0. The molecule has 3 aromatic rings. The molecule has 0 aliphatic rings. The number of nitro benzene ring substituents is 1. The number of aromatic nitrogens is 1. The van der Waals surface area contributed by atoms with E-state index in [1.807, 2.05) is 6.92 Å². The summed E-state index contributed by atoms with van der Waals surface area (Å²) in [5, 5.41) is 23.1. The summed E-state index contributed by atoms with van der Waals surface area (Å²) in [5.41, 5.74) is 2.40. The lowest BCUT2D eigenvalue weighted by Crippen LogP contribution is -2.22. The van der Waals surface area contributed by atoms with Crippen molar-refractivity contribution in [2.45, 2.75) is 13.3 Å². The molecule has 0 N–H and O–H groups in total. The van der Waals surface area contributed by atoms with Gasteiger partial charge in [0.15, 0.2) is 0 Å². The van der Waals surface area contributed by atoms with Crippen LogP contribution in [0.5, 0.6) is 0 Å². The second-order valence-corrected chi connectivity index (χ2v) is 5.73. The molecule has 0 saturated heterocycles. The Bertz CT molecular complexity index is 1040. The number of pyridine rings is 1. The van der Waals surface area contributed by atoms with Crippen LogP contribution in [0.1, 0.15) is 34.1 Å². The molecule has 6 nitrogen and oxygen atoms in total. The zero-order chi connectivity index (χ0) is 18.7. The molecular weight excluding hydrogens is 332 g/mol. The average Bonchev–Trinajstić information content (AvgIpc) is 2.65. The summed E-state index contributed by atoms with van der Waals surface area (Å²) in [6.45, 7) is 1.86. The minimum Gasteiger partial charge on any atom is -0.545 e. The molecule has 0 aliphatic heterocycles. The van der Waals surface area contributed by atoms with Gasteiger partial charge in [0.05, 0.1) is 22.1 Å². The third-order valence-corrected chi connectivity index (χ3v) is 4.09. The molecular formula is C20H15N2O4-. The standard InChI is InChI=1S/C20H16N2O4/c1-2-14-9-7-13(11-19(14)22(25)26)8-10-15-12-17(20(23)24)16-5-3-4-6-18(16)21-15/h3-12H,2H2,1H3,(H,23,24)/p-1/b10-8+. The van der Waals surface area contributed by atoms with Crippen LogP contribution in [0.3, 0.4) is 0 Å². The molecule has 0 fully saturated rings. The molecule has 0 saturated carbocycles. The van der Waals surface area contributed by atoms with Crippen LogP contribution >= 0.6 is 0 Å². The Kier molecular flexibility index (Phi) is 4.75. The van der Waals surface area contributed by atoms with Gasteiger partial charge in [0.2, 0.25) is 0 Å². The number of fused-ring (bicyclic) bond motifs is 1. The highest BCUT2D eigenvalue weighted by atomic mass is 16.6. The normalized spacial score (nSPS) is 11.1. The monoisotopic (exact) mass is 347 g/mol. The van der Waals surface area contributed by atoms with Gasteiger partial charge in [-0.05, 0) is 30.2 Å². The lowest BCUT2D eigenvalue weighted by atomic mass is 10.1. The van der Waals surface area contributed by atoms with Crippen LogP contribution < -0.4 is 5.11 Å². The molecule has 0 spiro atoms. The molecule has 26 heavy (non-hydrogen) atoms. The van der Waals surface area contributed by atoms with Gasteiger partial charge in [-0.25, -0.2) is 4.98 Å². The summed E-state index contributed by atoms with van der Waals surface area (Å²) < 4.78 is 0. The molecule has 1 heterocycles. The fourth-order valence-electron chi connectivity index (χ4n) is 2.79. The van der Waals surface area contributed by atoms with Crippen molar-refractivity contribution in [1.29, 1.82) is 0 Å². The number of para-hydroxylation sites is 1. The van der Waals surface area contributed by atoms with Crippen LogP contribution in [-0.4, -0.2) is 15.9 Å². The number of aromatic carboxylic acids is 1. The van der Waals surface area contributed by atoms with Crippen molar-refractivity contribution < 1.29 is 14.8 Å². The Morgan fingerprint density at radius 1 is 1.15 bits per heavy atom. The first-order chi connectivity index (χ1) is 12.5. The van der Waals surface area contributed by atoms with E-state index in [2.05, 4.69) is 4.98 Å². The van der Waals surface area contributed by atoms with E-state index in [9.17, 15) is 20.0 Å². The first-order valence-corrected chi connectivity index (χ1v) is 8.06. The zero-order valence-electron chi connectivity index (χ0n) is 14.0. The van der Waals surface area contributed by atoms with Gasteiger partial charge < -0.3 is 9.90 Å². The van der Waals surface area contributed by atoms with Gasteiger partial charge in [0.1, 0.15) is 0 Å². The van der Waals surface area contributed by atoms with Crippen LogP contribution in [0, 0.1) is 10.1 Å². The minimum atomic E-state index is -1.28. The molecule has 0 amide bonds. The van der Waals surface area contributed by atoms with Crippen molar-refractivity contribution >= 4 is 34.7 Å². The highest BCUT2D eigenvalue weighted by Crippen LogP contribution is 2.23. The van der Waals surface area contributed by atoms with Crippen LogP contribution in [0.15, 0.2) is 48.5 Å². The first-order valence-electron chi connectivity index (χ1n) is 8.06. The molecule has 0 aliphatic carbocycles. The van der Waals surface area contributed by atoms with E-state index in [1.54, 1.807) is 48.6 Å². The number of nitro groups is 1. The van der Waals surface area contributed by atoms with E-state index in [0.29, 0.717) is 34.1 Å². The Morgan fingerprint density at radius 2 is 1.92 bits per heavy atom. The van der Waals surface area contributed by atoms with Gasteiger partial charge in [-0.2, -0.15) is 0 Å². The Balaban J connectivity index is 2.02. The molecule has 3 rings (SSSR count). The van der Waals surface area contributed by atoms with E-state index in [0.717, 1.165) is 0 Å². The van der Waals surface area contributed by atoms with Crippen molar-refractivity contribution in [3.63, 3.8) is 0 Å². The Labute approximate surface area is 149 Å². The molecule has 0 unspecified atom stereocenters. The number of hydrogen-bond donors (Lipinski definition) is 0. The Morgan fingerprint density at radius 3 is 2.62 bits per heavy atom. The molecule has 130 valence electrons. The SMILES string of the molecule is CCc1ccc(/C=C/c2cc(C(=O)[O-])c3ccccc3n2)cc1[N+](=O)[O-]. The number of carbonyl (C=O) groups excluding carboxylic acids is 1. The van der Waals surface area contributed by atoms with Gasteiger partial charge in [-0.1, -0.05) is 43.3 Å². The zero-order valence-corrected chi connectivity index (χ0v) is 14.0. The quantitative estimate of drug-likeness (QED) is 0.521. The van der Waals surface area contributed by atoms with E-state index < -0.39 is 10.9 Å². The fraction of sp³-hybridized carbons (Fsp3) is 0.100. The van der Waals surface area contributed by atoms with E-state index in [-0.39, 0.29) is 11.3 Å². The minimum absolute atomic E-state index is 0.0579. The molecule has 2 aromatic carbocycles. The van der Waals surface area contributed by atoms with Gasteiger partial charge in [-0.15, -0.1) is 0 Å². The van der Waals surface area contributed by atoms with Crippen molar-refractivity contribution in [3.05, 3.63) is 81.0 Å². The van der Waals surface area contributed by atoms with Crippen LogP contribution in [-0.2, 0) is 6.42 Å². The van der Waals surface area contributed by atoms with E-state index >= 15 is 0 Å². The van der Waals surface area contributed by atoms with Gasteiger partial charge in [-0.3, -0.25) is 10.1 Å². The second-order valence-electron chi connectivity index (χ2n) is 5.73. The van der Waals surface area contributed by atoms with Gasteiger partial charge >= 0.3 is 0 Å². The van der Waals surface area contributed by atoms with Gasteiger partial charge in [0.25, 0.3) is 5.69 Å². The van der Waals surface area contributed by atoms with E-state index in [4.69, 9.17) is 0 Å². The van der Waals surface area contributed by atoms with Crippen LogP contribution in [0.4, 0.5) is 5.69 Å². The van der Waals surface area contributed by atoms with Crippen molar-refractivity contribution in [2.75, 3.05) is 0 Å². The predicted molar refractivity (Wildman–Crippen MR) is 97.5 cm³/mol.